The van der Waals surface area contributed by atoms with Crippen LogP contribution in [0.25, 0.3) is 0 Å². The topological polar surface area (TPSA) is 32.7 Å². The Balaban J connectivity index is 2.38. The van der Waals surface area contributed by atoms with Gasteiger partial charge in [0.25, 0.3) is 0 Å². The zero-order valence-corrected chi connectivity index (χ0v) is 13.0. The summed E-state index contributed by atoms with van der Waals surface area (Å²) in [5.74, 6) is 1.88. The molecule has 1 aliphatic rings. The number of rotatable bonds is 3. The maximum atomic E-state index is 10.1. The quantitative estimate of drug-likeness (QED) is 0.923. The van der Waals surface area contributed by atoms with Gasteiger partial charge in [0.05, 0.1) is 13.2 Å². The molecule has 0 spiro atoms. The maximum absolute atomic E-state index is 10.1. The molecule has 1 atom stereocenters. The molecule has 2 rings (SSSR count). The number of hydrogen-bond donors (Lipinski definition) is 1. The number of anilines is 1. The summed E-state index contributed by atoms with van der Waals surface area (Å²) < 4.78 is 5.65. The molecule has 3 nitrogen and oxygen atoms in total. The molecule has 0 saturated carbocycles. The van der Waals surface area contributed by atoms with E-state index in [9.17, 15) is 5.11 Å². The molecule has 0 aromatic heterocycles. The van der Waals surface area contributed by atoms with Gasteiger partial charge in [-0.1, -0.05) is 6.07 Å². The van der Waals surface area contributed by atoms with Crippen molar-refractivity contribution in [3.05, 3.63) is 23.8 Å². The third-order valence-corrected chi connectivity index (χ3v) is 4.74. The molecule has 0 amide bonds. The summed E-state index contributed by atoms with van der Waals surface area (Å²) in [7, 11) is 1.65. The third kappa shape index (κ3) is 3.18. The van der Waals surface area contributed by atoms with Gasteiger partial charge in [-0.2, -0.15) is 11.8 Å². The van der Waals surface area contributed by atoms with Crippen LogP contribution in [0, 0.1) is 0 Å². The second kappa shape index (κ2) is 5.63. The first-order valence-corrected chi connectivity index (χ1v) is 7.67. The van der Waals surface area contributed by atoms with E-state index < -0.39 is 6.10 Å². The lowest BCUT2D eigenvalue weighted by atomic mass is 10.0. The Morgan fingerprint density at radius 2 is 2.16 bits per heavy atom. The van der Waals surface area contributed by atoms with Crippen molar-refractivity contribution in [3.8, 4) is 5.75 Å². The third-order valence-electron chi connectivity index (χ3n) is 3.45. The minimum Gasteiger partial charge on any atom is -0.496 e. The fourth-order valence-corrected chi connectivity index (χ4v) is 3.74. The van der Waals surface area contributed by atoms with Crippen LogP contribution < -0.4 is 9.64 Å². The van der Waals surface area contributed by atoms with E-state index in [1.165, 1.54) is 0 Å². The van der Waals surface area contributed by atoms with Crippen molar-refractivity contribution in [3.63, 3.8) is 0 Å². The van der Waals surface area contributed by atoms with Gasteiger partial charge in [0.2, 0.25) is 0 Å². The fraction of sp³-hybridized carbons (Fsp3) is 0.600. The highest BCUT2D eigenvalue weighted by Gasteiger charge is 2.29. The molecule has 106 valence electrons. The molecule has 1 N–H and O–H groups in total. The van der Waals surface area contributed by atoms with Gasteiger partial charge in [0.1, 0.15) is 5.75 Å². The minimum atomic E-state index is -0.524. The van der Waals surface area contributed by atoms with Crippen molar-refractivity contribution >= 4 is 17.4 Å². The maximum Gasteiger partial charge on any atom is 0.126 e. The molecule has 1 aliphatic heterocycles. The normalized spacial score (nSPS) is 20.2. The zero-order chi connectivity index (χ0) is 14.0. The lowest BCUT2D eigenvalue weighted by Crippen LogP contribution is -2.43. The van der Waals surface area contributed by atoms with Crippen LogP contribution in [0.5, 0.6) is 5.75 Å². The number of benzene rings is 1. The van der Waals surface area contributed by atoms with E-state index in [4.69, 9.17) is 4.74 Å². The van der Waals surface area contributed by atoms with Gasteiger partial charge in [-0.25, -0.2) is 0 Å². The summed E-state index contributed by atoms with van der Waals surface area (Å²) in [5, 5.41) is 10.1. The monoisotopic (exact) mass is 281 g/mol. The molecular weight excluding hydrogens is 258 g/mol. The predicted molar refractivity (Wildman–Crippen MR) is 82.4 cm³/mol. The van der Waals surface area contributed by atoms with Crippen LogP contribution in [0.3, 0.4) is 0 Å². The lowest BCUT2D eigenvalue weighted by molar-refractivity contribution is 0.194. The molecule has 4 heteroatoms. The Morgan fingerprint density at radius 1 is 1.42 bits per heavy atom. The van der Waals surface area contributed by atoms with Crippen molar-refractivity contribution in [1.29, 1.82) is 0 Å². The molecule has 1 fully saturated rings. The summed E-state index contributed by atoms with van der Waals surface area (Å²) in [4.78, 5) is 2.36. The molecule has 1 saturated heterocycles. The highest BCUT2D eigenvalue weighted by atomic mass is 32.2. The number of thioether (sulfide) groups is 1. The average Bonchev–Trinajstić information content (AvgIpc) is 2.36. The molecule has 1 unspecified atom stereocenters. The van der Waals surface area contributed by atoms with Crippen LogP contribution in [-0.4, -0.2) is 35.8 Å². The first-order chi connectivity index (χ1) is 8.94. The van der Waals surface area contributed by atoms with Gasteiger partial charge in [-0.05, 0) is 32.9 Å². The summed E-state index contributed by atoms with van der Waals surface area (Å²) in [6, 6.07) is 5.99. The Morgan fingerprint density at radius 3 is 2.74 bits per heavy atom. The fourth-order valence-electron chi connectivity index (χ4n) is 2.63. The van der Waals surface area contributed by atoms with Crippen LogP contribution in [0.1, 0.15) is 32.4 Å². The molecule has 0 radical (unpaired) electrons. The van der Waals surface area contributed by atoms with Crippen LogP contribution in [0.15, 0.2) is 18.2 Å². The Hall–Kier alpha value is -0.870. The SMILES string of the molecule is COc1cccc(N2CCSC(C)(C)C2)c1C(C)O. The smallest absolute Gasteiger partial charge is 0.126 e. The second-order valence-electron chi connectivity index (χ2n) is 5.60. The van der Waals surface area contributed by atoms with E-state index in [2.05, 4.69) is 24.8 Å². The molecule has 0 bridgehead atoms. The van der Waals surface area contributed by atoms with Gasteiger partial charge in [-0.15, -0.1) is 0 Å². The highest BCUT2D eigenvalue weighted by molar-refractivity contribution is 8.00. The van der Waals surface area contributed by atoms with Crippen molar-refractivity contribution in [1.82, 2.24) is 0 Å². The van der Waals surface area contributed by atoms with Crippen LogP contribution in [0.2, 0.25) is 0 Å². The molecule has 1 aromatic rings. The largest absolute Gasteiger partial charge is 0.496 e. The van der Waals surface area contributed by atoms with Gasteiger partial charge in [0, 0.05) is 34.8 Å². The second-order valence-corrected chi connectivity index (χ2v) is 7.40. The van der Waals surface area contributed by atoms with E-state index >= 15 is 0 Å². The van der Waals surface area contributed by atoms with Crippen LogP contribution in [0.4, 0.5) is 5.69 Å². The minimum absolute atomic E-state index is 0.247. The van der Waals surface area contributed by atoms with E-state index in [0.29, 0.717) is 0 Å². The van der Waals surface area contributed by atoms with E-state index in [1.54, 1.807) is 14.0 Å². The number of aliphatic hydroxyl groups excluding tert-OH is 1. The van der Waals surface area contributed by atoms with Crippen LogP contribution >= 0.6 is 11.8 Å². The zero-order valence-electron chi connectivity index (χ0n) is 12.1. The predicted octanol–water partition coefficient (Wildman–Crippen LogP) is 3.08. The Kier molecular flexibility index (Phi) is 4.31. The Bertz CT molecular complexity index is 446. The number of hydrogen-bond acceptors (Lipinski definition) is 4. The first kappa shape index (κ1) is 14.5. The van der Waals surface area contributed by atoms with Crippen molar-refractivity contribution in [2.24, 2.45) is 0 Å². The molecule has 1 heterocycles. The summed E-state index contributed by atoms with van der Waals surface area (Å²) in [6.45, 7) is 8.34. The molecule has 1 aromatic carbocycles. The first-order valence-electron chi connectivity index (χ1n) is 6.68. The Labute approximate surface area is 120 Å². The average molecular weight is 281 g/mol. The number of nitrogens with zero attached hydrogens (tertiary/aromatic N) is 1. The van der Waals surface area contributed by atoms with Gasteiger partial charge in [-0.3, -0.25) is 0 Å². The number of methoxy groups -OCH3 is 1. The van der Waals surface area contributed by atoms with E-state index in [-0.39, 0.29) is 4.75 Å². The van der Waals surface area contributed by atoms with Gasteiger partial charge < -0.3 is 14.7 Å². The van der Waals surface area contributed by atoms with Gasteiger partial charge >= 0.3 is 0 Å². The lowest BCUT2D eigenvalue weighted by Gasteiger charge is -2.40. The van der Waals surface area contributed by atoms with Gasteiger partial charge in [0.15, 0.2) is 0 Å². The standard InChI is InChI=1S/C15H23NO2S/c1-11(17)14-12(6-5-7-13(14)18-4)16-8-9-19-15(2,3)10-16/h5-7,11,17H,8-10H2,1-4H3. The van der Waals surface area contributed by atoms with E-state index in [1.807, 2.05) is 23.9 Å². The van der Waals surface area contributed by atoms with Crippen LogP contribution in [-0.2, 0) is 0 Å². The number of aliphatic hydroxyl groups is 1. The summed E-state index contributed by atoms with van der Waals surface area (Å²) in [5.41, 5.74) is 2.00. The molecule has 19 heavy (non-hydrogen) atoms. The summed E-state index contributed by atoms with van der Waals surface area (Å²) in [6.07, 6.45) is -0.524. The van der Waals surface area contributed by atoms with Crippen molar-refractivity contribution in [2.45, 2.75) is 31.6 Å². The number of ether oxygens (including phenoxy) is 1. The summed E-state index contributed by atoms with van der Waals surface area (Å²) >= 11 is 2.01. The van der Waals surface area contributed by atoms with Crippen molar-refractivity contribution < 1.29 is 9.84 Å². The van der Waals surface area contributed by atoms with Crippen molar-refractivity contribution in [2.75, 3.05) is 30.9 Å². The van der Waals surface area contributed by atoms with E-state index in [0.717, 1.165) is 35.8 Å². The molecule has 0 aliphatic carbocycles. The highest BCUT2D eigenvalue weighted by Crippen LogP contribution is 2.38. The molecular formula is C15H23NO2S.